The quantitative estimate of drug-likeness (QED) is 0.334. The van der Waals surface area contributed by atoms with E-state index in [4.69, 9.17) is 5.73 Å². The normalized spacial score (nSPS) is 11.0. The summed E-state index contributed by atoms with van der Waals surface area (Å²) in [6.07, 6.45) is 1.49. The van der Waals surface area contributed by atoms with Crippen LogP contribution in [0.3, 0.4) is 0 Å². The molecule has 2 aromatic carbocycles. The zero-order chi connectivity index (χ0) is 16.1. The Bertz CT molecular complexity index is 813. The number of aliphatic imine (C=N–C) groups is 1. The lowest BCUT2D eigenvalue weighted by molar-refractivity contribution is 1.06. The molecule has 124 valence electrons. The topological polar surface area (TPSA) is 92.0 Å². The number of nitrogens with one attached hydrogen (secondary N) is 2. The number of halogens is 1. The molecule has 0 aliphatic heterocycles. The molecule has 0 radical (unpaired) electrons. The summed E-state index contributed by atoms with van der Waals surface area (Å²) in [7, 11) is 0. The summed E-state index contributed by atoms with van der Waals surface area (Å²) in [4.78, 5) is 8.53. The molecule has 3 aromatic rings. The molecular formula is C17H19IN6. The number of aromatic nitrogens is 3. The largest absolute Gasteiger partial charge is 0.370 e. The van der Waals surface area contributed by atoms with Crippen molar-refractivity contribution in [1.82, 2.24) is 15.2 Å². The molecule has 1 heterocycles. The van der Waals surface area contributed by atoms with Crippen molar-refractivity contribution in [3.05, 3.63) is 66.0 Å². The third-order valence-electron chi connectivity index (χ3n) is 3.34. The molecule has 0 atom stereocenters. The van der Waals surface area contributed by atoms with E-state index < -0.39 is 0 Å². The molecule has 0 aliphatic carbocycles. The Morgan fingerprint density at radius 1 is 1.21 bits per heavy atom. The first-order valence-electron chi connectivity index (χ1n) is 7.29. The van der Waals surface area contributed by atoms with Gasteiger partial charge in [0.15, 0.2) is 11.8 Å². The number of hydrogen-bond acceptors (Lipinski definition) is 3. The van der Waals surface area contributed by atoms with Gasteiger partial charge in [-0.1, -0.05) is 30.3 Å². The molecule has 0 fully saturated rings. The summed E-state index contributed by atoms with van der Waals surface area (Å²) in [6.45, 7) is 2.53. The minimum Gasteiger partial charge on any atom is -0.370 e. The van der Waals surface area contributed by atoms with E-state index in [1.54, 1.807) is 0 Å². The Hall–Kier alpha value is -2.42. The number of rotatable bonds is 4. The fourth-order valence-electron chi connectivity index (χ4n) is 2.25. The molecule has 0 saturated carbocycles. The zero-order valence-electron chi connectivity index (χ0n) is 13.2. The van der Waals surface area contributed by atoms with Crippen molar-refractivity contribution < 1.29 is 0 Å². The molecular weight excluding hydrogens is 415 g/mol. The summed E-state index contributed by atoms with van der Waals surface area (Å²) in [5.74, 6) is 1.13. The summed E-state index contributed by atoms with van der Waals surface area (Å²) >= 11 is 0. The maximum absolute atomic E-state index is 5.95. The van der Waals surface area contributed by atoms with E-state index in [9.17, 15) is 0 Å². The van der Waals surface area contributed by atoms with Gasteiger partial charge in [-0.15, -0.1) is 24.0 Å². The first kappa shape index (κ1) is 17.9. The van der Waals surface area contributed by atoms with Gasteiger partial charge in [0.2, 0.25) is 0 Å². The molecule has 3 rings (SSSR count). The molecule has 0 saturated heterocycles. The van der Waals surface area contributed by atoms with Gasteiger partial charge < -0.3 is 11.1 Å². The molecule has 0 bridgehead atoms. The van der Waals surface area contributed by atoms with Gasteiger partial charge in [-0.05, 0) is 36.2 Å². The Kier molecular flexibility index (Phi) is 6.30. The fourth-order valence-corrected chi connectivity index (χ4v) is 2.25. The molecule has 1 aromatic heterocycles. The summed E-state index contributed by atoms with van der Waals surface area (Å²) in [5, 5.41) is 9.81. The van der Waals surface area contributed by atoms with Crippen LogP contribution in [0, 0.1) is 6.92 Å². The third kappa shape index (κ3) is 4.79. The van der Waals surface area contributed by atoms with Crippen LogP contribution in [0.15, 0.2) is 59.9 Å². The van der Waals surface area contributed by atoms with E-state index in [0.29, 0.717) is 12.5 Å². The number of benzene rings is 2. The minimum absolute atomic E-state index is 0. The highest BCUT2D eigenvalue weighted by Crippen LogP contribution is 2.16. The van der Waals surface area contributed by atoms with Gasteiger partial charge in [0.05, 0.1) is 6.54 Å². The van der Waals surface area contributed by atoms with Gasteiger partial charge in [-0.3, -0.25) is 5.10 Å². The molecule has 6 nitrogen and oxygen atoms in total. The third-order valence-corrected chi connectivity index (χ3v) is 3.34. The predicted molar refractivity (Wildman–Crippen MR) is 107 cm³/mol. The van der Waals surface area contributed by atoms with Crippen LogP contribution < -0.4 is 11.1 Å². The summed E-state index contributed by atoms with van der Waals surface area (Å²) < 4.78 is 0. The van der Waals surface area contributed by atoms with Gasteiger partial charge in [0.25, 0.3) is 0 Å². The number of nitrogens with zero attached hydrogens (tertiary/aromatic N) is 3. The van der Waals surface area contributed by atoms with Crippen LogP contribution in [0.25, 0.3) is 11.4 Å². The van der Waals surface area contributed by atoms with Crippen LogP contribution in [0.5, 0.6) is 0 Å². The standard InChI is InChI=1S/C17H18N6.HI/c1-12-4-2-7-15(8-12)22-17(18)19-10-13-5-3-6-14(9-13)16-20-11-21-23-16;/h2-9,11H,10H2,1H3,(H3,18,19,22)(H,20,21,23);1H. The van der Waals surface area contributed by atoms with Crippen LogP contribution in [0.1, 0.15) is 11.1 Å². The van der Waals surface area contributed by atoms with Gasteiger partial charge in [0.1, 0.15) is 6.33 Å². The van der Waals surface area contributed by atoms with Crippen LogP contribution in [-0.4, -0.2) is 21.1 Å². The van der Waals surface area contributed by atoms with Crippen molar-refractivity contribution in [2.75, 3.05) is 5.32 Å². The second-order valence-electron chi connectivity index (χ2n) is 5.23. The Balaban J connectivity index is 0.00000208. The smallest absolute Gasteiger partial charge is 0.193 e. The number of guanidine groups is 1. The summed E-state index contributed by atoms with van der Waals surface area (Å²) in [6, 6.07) is 16.0. The average Bonchev–Trinajstić information content (AvgIpc) is 3.08. The van der Waals surface area contributed by atoms with Gasteiger partial charge >= 0.3 is 0 Å². The number of hydrogen-bond donors (Lipinski definition) is 3. The number of aromatic amines is 1. The van der Waals surface area contributed by atoms with Gasteiger partial charge in [0, 0.05) is 11.3 Å². The number of nitrogens with two attached hydrogens (primary N) is 1. The SMILES string of the molecule is Cc1cccc(NC(N)=NCc2cccc(-c3ncn[nH]3)c2)c1.I. The maximum Gasteiger partial charge on any atom is 0.193 e. The lowest BCUT2D eigenvalue weighted by Gasteiger charge is -2.06. The van der Waals surface area contributed by atoms with Crippen molar-refractivity contribution in [2.24, 2.45) is 10.7 Å². The Morgan fingerprint density at radius 2 is 2.04 bits per heavy atom. The molecule has 7 heteroatoms. The second-order valence-corrected chi connectivity index (χ2v) is 5.23. The fraction of sp³-hybridized carbons (Fsp3) is 0.118. The monoisotopic (exact) mass is 434 g/mol. The minimum atomic E-state index is 0. The van der Waals surface area contributed by atoms with E-state index in [1.807, 2.05) is 55.5 Å². The van der Waals surface area contributed by atoms with Crippen molar-refractivity contribution in [3.8, 4) is 11.4 Å². The zero-order valence-corrected chi connectivity index (χ0v) is 15.6. The first-order chi connectivity index (χ1) is 11.2. The first-order valence-corrected chi connectivity index (χ1v) is 7.29. The van der Waals surface area contributed by atoms with Gasteiger partial charge in [-0.25, -0.2) is 9.98 Å². The Morgan fingerprint density at radius 3 is 2.79 bits per heavy atom. The van der Waals surface area contributed by atoms with Crippen LogP contribution in [0.4, 0.5) is 5.69 Å². The molecule has 0 spiro atoms. The van der Waals surface area contributed by atoms with Crippen LogP contribution >= 0.6 is 24.0 Å². The highest BCUT2D eigenvalue weighted by atomic mass is 127. The lowest BCUT2D eigenvalue weighted by atomic mass is 10.1. The van der Waals surface area contributed by atoms with Crippen molar-refractivity contribution in [1.29, 1.82) is 0 Å². The van der Waals surface area contributed by atoms with E-state index in [2.05, 4.69) is 25.5 Å². The Labute approximate surface area is 157 Å². The van der Waals surface area contributed by atoms with E-state index in [1.165, 1.54) is 11.9 Å². The molecule has 4 N–H and O–H groups in total. The number of aryl methyl sites for hydroxylation is 1. The number of H-pyrrole nitrogens is 1. The second kappa shape index (κ2) is 8.44. The molecule has 0 aliphatic rings. The number of anilines is 1. The predicted octanol–water partition coefficient (Wildman–Crippen LogP) is 3.32. The van der Waals surface area contributed by atoms with Crippen molar-refractivity contribution in [2.45, 2.75) is 13.5 Å². The highest BCUT2D eigenvalue weighted by molar-refractivity contribution is 14.0. The summed E-state index contributed by atoms with van der Waals surface area (Å²) in [5.41, 5.74) is 10.1. The molecule has 0 amide bonds. The van der Waals surface area contributed by atoms with E-state index in [0.717, 1.165) is 22.6 Å². The molecule has 0 unspecified atom stereocenters. The van der Waals surface area contributed by atoms with Crippen molar-refractivity contribution in [3.63, 3.8) is 0 Å². The highest BCUT2D eigenvalue weighted by Gasteiger charge is 2.02. The van der Waals surface area contributed by atoms with Crippen LogP contribution in [-0.2, 0) is 6.54 Å². The van der Waals surface area contributed by atoms with Gasteiger partial charge in [-0.2, -0.15) is 5.10 Å². The van der Waals surface area contributed by atoms with E-state index >= 15 is 0 Å². The van der Waals surface area contributed by atoms with Crippen LogP contribution in [0.2, 0.25) is 0 Å². The lowest BCUT2D eigenvalue weighted by Crippen LogP contribution is -2.22. The maximum atomic E-state index is 5.95. The van der Waals surface area contributed by atoms with Crippen molar-refractivity contribution >= 4 is 35.6 Å². The van der Waals surface area contributed by atoms with E-state index in [-0.39, 0.29) is 24.0 Å². The average molecular weight is 434 g/mol. The molecule has 24 heavy (non-hydrogen) atoms.